The summed E-state index contributed by atoms with van der Waals surface area (Å²) in [6.07, 6.45) is 1.12. The zero-order chi connectivity index (χ0) is 17.7. The number of amides is 1. The SMILES string of the molecule is CN(CC(=O)Nc1ccccc1S(C)(=O)=O)Cc1ccc(Br)cc1. The van der Waals surface area contributed by atoms with Crippen molar-refractivity contribution in [1.29, 1.82) is 0 Å². The number of para-hydroxylation sites is 1. The number of carbonyl (C=O) groups is 1. The predicted molar refractivity (Wildman–Crippen MR) is 98.7 cm³/mol. The summed E-state index contributed by atoms with van der Waals surface area (Å²) in [6, 6.07) is 14.3. The third-order valence-corrected chi connectivity index (χ3v) is 5.02. The Bertz CT molecular complexity index is 820. The number of rotatable bonds is 6. The lowest BCUT2D eigenvalue weighted by molar-refractivity contribution is -0.117. The molecule has 0 aliphatic carbocycles. The number of sulfone groups is 1. The molecule has 0 spiro atoms. The molecule has 0 fully saturated rings. The van der Waals surface area contributed by atoms with E-state index in [0.717, 1.165) is 16.3 Å². The second-order valence-electron chi connectivity index (χ2n) is 5.62. The predicted octanol–water partition coefficient (Wildman–Crippen LogP) is 2.92. The summed E-state index contributed by atoms with van der Waals surface area (Å²) >= 11 is 3.38. The minimum atomic E-state index is -3.39. The molecular weight excluding hydrogens is 392 g/mol. The maximum absolute atomic E-state index is 12.2. The molecular formula is C17H19BrN2O3S. The van der Waals surface area contributed by atoms with Gasteiger partial charge in [-0.2, -0.15) is 0 Å². The number of nitrogens with zero attached hydrogens (tertiary/aromatic N) is 1. The van der Waals surface area contributed by atoms with Crippen LogP contribution in [-0.2, 0) is 21.2 Å². The molecule has 2 aromatic rings. The molecule has 0 saturated heterocycles. The van der Waals surface area contributed by atoms with Gasteiger partial charge in [0.25, 0.3) is 0 Å². The monoisotopic (exact) mass is 410 g/mol. The number of hydrogen-bond acceptors (Lipinski definition) is 4. The summed E-state index contributed by atoms with van der Waals surface area (Å²) in [5.41, 5.74) is 1.40. The van der Waals surface area contributed by atoms with Crippen molar-refractivity contribution >= 4 is 37.4 Å². The summed E-state index contributed by atoms with van der Waals surface area (Å²) in [7, 11) is -1.56. The lowest BCUT2D eigenvalue weighted by Crippen LogP contribution is -2.30. The van der Waals surface area contributed by atoms with Crippen LogP contribution in [0.5, 0.6) is 0 Å². The number of carbonyl (C=O) groups excluding carboxylic acids is 1. The zero-order valence-electron chi connectivity index (χ0n) is 13.5. The van der Waals surface area contributed by atoms with Crippen LogP contribution in [-0.4, -0.2) is 39.1 Å². The average molecular weight is 411 g/mol. The molecule has 0 aliphatic heterocycles. The first kappa shape index (κ1) is 18.6. The van der Waals surface area contributed by atoms with E-state index >= 15 is 0 Å². The van der Waals surface area contributed by atoms with Crippen molar-refractivity contribution in [1.82, 2.24) is 4.90 Å². The molecule has 128 valence electrons. The van der Waals surface area contributed by atoms with E-state index in [2.05, 4.69) is 21.2 Å². The van der Waals surface area contributed by atoms with Crippen molar-refractivity contribution < 1.29 is 13.2 Å². The van der Waals surface area contributed by atoms with Crippen LogP contribution in [0.1, 0.15) is 5.56 Å². The van der Waals surface area contributed by atoms with Gasteiger partial charge in [-0.1, -0.05) is 40.2 Å². The molecule has 0 heterocycles. The van der Waals surface area contributed by atoms with Crippen LogP contribution in [0.2, 0.25) is 0 Å². The minimum absolute atomic E-state index is 0.119. The van der Waals surface area contributed by atoms with Gasteiger partial charge in [0.2, 0.25) is 5.91 Å². The molecule has 0 saturated carbocycles. The van der Waals surface area contributed by atoms with Crippen LogP contribution in [0.3, 0.4) is 0 Å². The second kappa shape index (κ2) is 7.92. The van der Waals surface area contributed by atoms with Crippen molar-refractivity contribution in [2.24, 2.45) is 0 Å². The van der Waals surface area contributed by atoms with Gasteiger partial charge in [-0.05, 0) is 36.9 Å². The fourth-order valence-corrected chi connectivity index (χ4v) is 3.39. The highest BCUT2D eigenvalue weighted by molar-refractivity contribution is 9.10. The van der Waals surface area contributed by atoms with Crippen LogP contribution in [0.25, 0.3) is 0 Å². The largest absolute Gasteiger partial charge is 0.324 e. The maximum Gasteiger partial charge on any atom is 0.238 e. The Labute approximate surface area is 150 Å². The number of nitrogens with one attached hydrogen (secondary N) is 1. The highest BCUT2D eigenvalue weighted by atomic mass is 79.9. The summed E-state index contributed by atoms with van der Waals surface area (Å²) in [4.78, 5) is 14.2. The van der Waals surface area contributed by atoms with E-state index in [1.54, 1.807) is 18.2 Å². The normalized spacial score (nSPS) is 11.5. The lowest BCUT2D eigenvalue weighted by atomic mass is 10.2. The smallest absolute Gasteiger partial charge is 0.238 e. The Kier molecular flexibility index (Phi) is 6.15. The van der Waals surface area contributed by atoms with Crippen LogP contribution in [0, 0.1) is 0 Å². The summed E-state index contributed by atoms with van der Waals surface area (Å²) in [6.45, 7) is 0.780. The number of benzene rings is 2. The van der Waals surface area contributed by atoms with Crippen molar-refractivity contribution in [3.63, 3.8) is 0 Å². The fourth-order valence-electron chi connectivity index (χ4n) is 2.29. The molecule has 0 radical (unpaired) electrons. The first-order valence-electron chi connectivity index (χ1n) is 7.27. The van der Waals surface area contributed by atoms with Gasteiger partial charge in [-0.15, -0.1) is 0 Å². The zero-order valence-corrected chi connectivity index (χ0v) is 15.9. The van der Waals surface area contributed by atoms with E-state index < -0.39 is 9.84 Å². The van der Waals surface area contributed by atoms with Gasteiger partial charge >= 0.3 is 0 Å². The minimum Gasteiger partial charge on any atom is -0.324 e. The molecule has 0 bridgehead atoms. The summed E-state index contributed by atoms with van der Waals surface area (Å²) in [5, 5.41) is 2.68. The molecule has 2 aromatic carbocycles. The van der Waals surface area contributed by atoms with Gasteiger partial charge in [0.05, 0.1) is 17.1 Å². The number of hydrogen-bond donors (Lipinski definition) is 1. The standard InChI is InChI=1S/C17H19BrN2O3S/c1-20(11-13-7-9-14(18)10-8-13)12-17(21)19-15-5-3-4-6-16(15)24(2,22)23/h3-10H,11-12H2,1-2H3,(H,19,21). The number of anilines is 1. The van der Waals surface area contributed by atoms with Gasteiger partial charge in [-0.3, -0.25) is 9.69 Å². The van der Waals surface area contributed by atoms with Crippen LogP contribution in [0.4, 0.5) is 5.69 Å². The molecule has 2 rings (SSSR count). The molecule has 0 aliphatic rings. The Balaban J connectivity index is 2.00. The second-order valence-corrected chi connectivity index (χ2v) is 8.52. The first-order chi connectivity index (χ1) is 11.3. The molecule has 0 unspecified atom stereocenters. The van der Waals surface area contributed by atoms with Gasteiger partial charge in [0.15, 0.2) is 9.84 Å². The van der Waals surface area contributed by atoms with Gasteiger partial charge in [0.1, 0.15) is 0 Å². The highest BCUT2D eigenvalue weighted by Crippen LogP contribution is 2.20. The Hall–Kier alpha value is -1.70. The van der Waals surface area contributed by atoms with Gasteiger partial charge in [-0.25, -0.2) is 8.42 Å². The Morgan fingerprint density at radius 3 is 2.38 bits per heavy atom. The van der Waals surface area contributed by atoms with E-state index in [1.807, 2.05) is 36.2 Å². The summed E-state index contributed by atoms with van der Waals surface area (Å²) < 4.78 is 24.5. The fraction of sp³-hybridized carbons (Fsp3) is 0.235. The van der Waals surface area contributed by atoms with E-state index in [9.17, 15) is 13.2 Å². The van der Waals surface area contributed by atoms with Crippen LogP contribution in [0.15, 0.2) is 57.9 Å². The molecule has 1 amide bonds. The molecule has 5 nitrogen and oxygen atoms in total. The number of likely N-dealkylation sites (N-methyl/N-ethyl adjacent to an activating group) is 1. The first-order valence-corrected chi connectivity index (χ1v) is 9.96. The van der Waals surface area contributed by atoms with Crippen molar-refractivity contribution in [3.8, 4) is 0 Å². The quantitative estimate of drug-likeness (QED) is 0.794. The average Bonchev–Trinajstić information content (AvgIpc) is 2.49. The van der Waals surface area contributed by atoms with Crippen LogP contribution < -0.4 is 5.32 Å². The van der Waals surface area contributed by atoms with E-state index in [4.69, 9.17) is 0 Å². The number of halogens is 1. The Morgan fingerprint density at radius 2 is 1.75 bits per heavy atom. The summed E-state index contributed by atoms with van der Waals surface area (Å²) in [5.74, 6) is -0.259. The van der Waals surface area contributed by atoms with E-state index in [-0.39, 0.29) is 17.3 Å². The Morgan fingerprint density at radius 1 is 1.12 bits per heavy atom. The van der Waals surface area contributed by atoms with Gasteiger partial charge in [0, 0.05) is 17.3 Å². The van der Waals surface area contributed by atoms with Crippen molar-refractivity contribution in [2.45, 2.75) is 11.4 Å². The molecule has 0 atom stereocenters. The molecule has 7 heteroatoms. The topological polar surface area (TPSA) is 66.5 Å². The van der Waals surface area contributed by atoms with E-state index in [1.165, 1.54) is 6.07 Å². The van der Waals surface area contributed by atoms with Crippen molar-refractivity contribution in [2.75, 3.05) is 25.2 Å². The third kappa shape index (κ3) is 5.43. The molecule has 1 N–H and O–H groups in total. The third-order valence-electron chi connectivity index (χ3n) is 3.34. The van der Waals surface area contributed by atoms with E-state index in [0.29, 0.717) is 12.2 Å². The molecule has 0 aromatic heterocycles. The highest BCUT2D eigenvalue weighted by Gasteiger charge is 2.15. The van der Waals surface area contributed by atoms with Crippen molar-refractivity contribution in [3.05, 3.63) is 58.6 Å². The van der Waals surface area contributed by atoms with Gasteiger partial charge < -0.3 is 5.32 Å². The maximum atomic E-state index is 12.2. The molecule has 24 heavy (non-hydrogen) atoms. The van der Waals surface area contributed by atoms with Crippen LogP contribution >= 0.6 is 15.9 Å². The lowest BCUT2D eigenvalue weighted by Gasteiger charge is -2.17.